The molecule has 2 N–H and O–H groups in total. The Bertz CT molecular complexity index is 534. The van der Waals surface area contributed by atoms with Crippen molar-refractivity contribution < 1.29 is 14.3 Å². The summed E-state index contributed by atoms with van der Waals surface area (Å²) in [6.07, 6.45) is 0. The van der Waals surface area contributed by atoms with E-state index in [2.05, 4.69) is 10.6 Å². The molecule has 19 heavy (non-hydrogen) atoms. The van der Waals surface area contributed by atoms with Crippen LogP contribution in [0.1, 0.15) is 6.92 Å². The van der Waals surface area contributed by atoms with Gasteiger partial charge in [-0.1, -0.05) is 18.5 Å². The molecule has 0 aromatic heterocycles. The van der Waals surface area contributed by atoms with Crippen LogP contribution in [-0.2, 0) is 9.59 Å². The number of carbonyl (C=O) groups is 2. The lowest BCUT2D eigenvalue weighted by Crippen LogP contribution is -2.26. The van der Waals surface area contributed by atoms with E-state index < -0.39 is 0 Å². The maximum Gasteiger partial charge on any atom is 0.262 e. The highest BCUT2D eigenvalue weighted by Crippen LogP contribution is 2.36. The molecule has 0 saturated heterocycles. The molecule has 0 fully saturated rings. The van der Waals surface area contributed by atoms with E-state index in [-0.39, 0.29) is 30.2 Å². The van der Waals surface area contributed by atoms with E-state index >= 15 is 0 Å². The third-order valence-corrected chi connectivity index (χ3v) is 3.41. The number of nitrogens with one attached hydrogen (secondary N) is 2. The molecule has 5 nitrogen and oxygen atoms in total. The van der Waals surface area contributed by atoms with Crippen molar-refractivity contribution in [3.63, 3.8) is 0 Å². The minimum Gasteiger partial charge on any atom is -0.482 e. The van der Waals surface area contributed by atoms with E-state index in [1.165, 1.54) is 6.07 Å². The highest BCUT2D eigenvalue weighted by atomic mass is 35.5. The first-order valence-electron chi connectivity index (χ1n) is 5.64. The molecule has 1 aromatic carbocycles. The lowest BCUT2D eigenvalue weighted by atomic mass is 10.2. The zero-order valence-corrected chi connectivity index (χ0v) is 11.6. The number of fused-ring (bicyclic) bond motifs is 1. The molecule has 0 radical (unpaired) electrons. The van der Waals surface area contributed by atoms with E-state index in [4.69, 9.17) is 27.9 Å². The molecule has 102 valence electrons. The Kier molecular flexibility index (Phi) is 4.17. The van der Waals surface area contributed by atoms with E-state index in [0.29, 0.717) is 22.1 Å². The summed E-state index contributed by atoms with van der Waals surface area (Å²) in [6, 6.07) is 3.12. The molecule has 0 bridgehead atoms. The highest BCUT2D eigenvalue weighted by Gasteiger charge is 2.20. The van der Waals surface area contributed by atoms with Crippen molar-refractivity contribution in [2.24, 2.45) is 5.92 Å². The van der Waals surface area contributed by atoms with Gasteiger partial charge >= 0.3 is 0 Å². The van der Waals surface area contributed by atoms with Crippen molar-refractivity contribution in [2.45, 2.75) is 6.92 Å². The van der Waals surface area contributed by atoms with E-state index in [1.54, 1.807) is 13.0 Å². The fraction of sp³-hybridized carbons (Fsp3) is 0.333. The van der Waals surface area contributed by atoms with Crippen LogP contribution in [0.5, 0.6) is 5.75 Å². The summed E-state index contributed by atoms with van der Waals surface area (Å²) in [5, 5.41) is 5.63. The number of rotatable bonds is 3. The average molecular weight is 303 g/mol. The second-order valence-electron chi connectivity index (χ2n) is 4.21. The number of anilines is 2. The van der Waals surface area contributed by atoms with Crippen LogP contribution < -0.4 is 15.4 Å². The first-order valence-corrected chi connectivity index (χ1v) is 6.55. The van der Waals surface area contributed by atoms with Gasteiger partial charge in [0, 0.05) is 17.9 Å². The topological polar surface area (TPSA) is 67.4 Å². The number of amides is 2. The highest BCUT2D eigenvalue weighted by molar-refractivity contribution is 6.34. The second kappa shape index (κ2) is 5.67. The Balaban J connectivity index is 2.23. The number of halogens is 2. The van der Waals surface area contributed by atoms with Gasteiger partial charge in [0.2, 0.25) is 5.91 Å². The Labute approximate surface area is 120 Å². The predicted octanol–water partition coefficient (Wildman–Crippen LogP) is 2.48. The molecule has 2 rings (SSSR count). The van der Waals surface area contributed by atoms with Gasteiger partial charge in [-0.2, -0.15) is 0 Å². The third kappa shape index (κ3) is 3.11. The van der Waals surface area contributed by atoms with Crippen LogP contribution in [0.4, 0.5) is 11.4 Å². The summed E-state index contributed by atoms with van der Waals surface area (Å²) >= 11 is 11.7. The molecular formula is C12H12Cl2N2O3. The number of benzene rings is 1. The minimum atomic E-state index is -0.325. The van der Waals surface area contributed by atoms with Gasteiger partial charge in [-0.3, -0.25) is 9.59 Å². The molecule has 1 unspecified atom stereocenters. The number of hydrogen-bond donors (Lipinski definition) is 2. The summed E-state index contributed by atoms with van der Waals surface area (Å²) in [4.78, 5) is 22.9. The van der Waals surface area contributed by atoms with Crippen LogP contribution in [0.2, 0.25) is 5.02 Å². The fourth-order valence-electron chi connectivity index (χ4n) is 1.52. The van der Waals surface area contributed by atoms with Crippen molar-refractivity contribution in [2.75, 3.05) is 23.1 Å². The molecule has 1 aliphatic heterocycles. The Morgan fingerprint density at radius 3 is 3.00 bits per heavy atom. The molecule has 0 saturated carbocycles. The van der Waals surface area contributed by atoms with Gasteiger partial charge in [-0.05, 0) is 6.07 Å². The average Bonchev–Trinajstić information content (AvgIpc) is 2.38. The second-order valence-corrected chi connectivity index (χ2v) is 4.93. The normalized spacial score (nSPS) is 15.0. The quantitative estimate of drug-likeness (QED) is 0.843. The van der Waals surface area contributed by atoms with Crippen LogP contribution in [0.3, 0.4) is 0 Å². The van der Waals surface area contributed by atoms with Crippen molar-refractivity contribution in [3.05, 3.63) is 17.2 Å². The van der Waals surface area contributed by atoms with Gasteiger partial charge in [0.15, 0.2) is 6.61 Å². The van der Waals surface area contributed by atoms with Gasteiger partial charge in [-0.15, -0.1) is 11.6 Å². The molecule has 1 aromatic rings. The number of hydrogen-bond acceptors (Lipinski definition) is 3. The van der Waals surface area contributed by atoms with Crippen molar-refractivity contribution in [3.8, 4) is 5.75 Å². The van der Waals surface area contributed by atoms with Crippen molar-refractivity contribution in [1.82, 2.24) is 0 Å². The van der Waals surface area contributed by atoms with Crippen LogP contribution >= 0.6 is 23.2 Å². The van der Waals surface area contributed by atoms with Crippen LogP contribution in [-0.4, -0.2) is 24.3 Å². The van der Waals surface area contributed by atoms with Crippen molar-refractivity contribution in [1.29, 1.82) is 0 Å². The number of carbonyl (C=O) groups excluding carboxylic acids is 2. The van der Waals surface area contributed by atoms with Gasteiger partial charge in [0.25, 0.3) is 5.91 Å². The molecule has 7 heteroatoms. The SMILES string of the molecule is CC(CCl)C(=O)Nc1cc2c(cc1Cl)NC(=O)CO2. The summed E-state index contributed by atoms with van der Waals surface area (Å²) in [7, 11) is 0. The summed E-state index contributed by atoms with van der Waals surface area (Å²) in [5.74, 6) is -0.0963. The van der Waals surface area contributed by atoms with E-state index in [1.807, 2.05) is 0 Å². The van der Waals surface area contributed by atoms with Gasteiger partial charge in [-0.25, -0.2) is 0 Å². The Morgan fingerprint density at radius 2 is 2.32 bits per heavy atom. The summed E-state index contributed by atoms with van der Waals surface area (Å²) < 4.78 is 5.25. The molecule has 1 heterocycles. The van der Waals surface area contributed by atoms with Crippen LogP contribution in [0, 0.1) is 5.92 Å². The minimum absolute atomic E-state index is 0.0555. The lowest BCUT2D eigenvalue weighted by Gasteiger charge is -2.20. The van der Waals surface area contributed by atoms with Gasteiger partial charge in [0.1, 0.15) is 5.75 Å². The lowest BCUT2D eigenvalue weighted by molar-refractivity contribution is -0.119. The predicted molar refractivity (Wildman–Crippen MR) is 74.1 cm³/mol. The molecular weight excluding hydrogens is 291 g/mol. The third-order valence-electron chi connectivity index (χ3n) is 2.64. The van der Waals surface area contributed by atoms with Gasteiger partial charge < -0.3 is 15.4 Å². The van der Waals surface area contributed by atoms with Gasteiger partial charge in [0.05, 0.1) is 16.4 Å². The summed E-state index contributed by atoms with van der Waals surface area (Å²) in [5.41, 5.74) is 0.920. The number of ether oxygens (including phenoxy) is 1. The van der Waals surface area contributed by atoms with Crippen molar-refractivity contribution >= 4 is 46.4 Å². The molecule has 2 amide bonds. The maximum absolute atomic E-state index is 11.8. The monoisotopic (exact) mass is 302 g/mol. The standard InChI is InChI=1S/C12H12Cl2N2O3/c1-6(4-13)12(18)16-8-3-10-9(2-7(8)14)15-11(17)5-19-10/h2-3,6H,4-5H2,1H3,(H,15,17)(H,16,18). The van der Waals surface area contributed by atoms with Crippen LogP contribution in [0.15, 0.2) is 12.1 Å². The summed E-state index contributed by atoms with van der Waals surface area (Å²) in [6.45, 7) is 1.66. The molecule has 1 atom stereocenters. The maximum atomic E-state index is 11.8. The largest absolute Gasteiger partial charge is 0.482 e. The molecule has 1 aliphatic rings. The Morgan fingerprint density at radius 1 is 1.58 bits per heavy atom. The first-order chi connectivity index (χ1) is 9.01. The first kappa shape index (κ1) is 14.0. The Hall–Kier alpha value is -1.46. The molecule has 0 aliphatic carbocycles. The number of alkyl halides is 1. The smallest absolute Gasteiger partial charge is 0.262 e. The van der Waals surface area contributed by atoms with E-state index in [9.17, 15) is 9.59 Å². The van der Waals surface area contributed by atoms with E-state index in [0.717, 1.165) is 0 Å². The molecule has 0 spiro atoms. The van der Waals surface area contributed by atoms with Crippen LogP contribution in [0.25, 0.3) is 0 Å². The zero-order valence-electron chi connectivity index (χ0n) is 10.1. The fourth-order valence-corrected chi connectivity index (χ4v) is 1.87. The zero-order chi connectivity index (χ0) is 14.0.